The lowest BCUT2D eigenvalue weighted by atomic mass is 9.71. The third kappa shape index (κ3) is 7.24. The fourth-order valence-electron chi connectivity index (χ4n) is 8.40. The van der Waals surface area contributed by atoms with E-state index in [0.717, 1.165) is 5.56 Å². The molecule has 0 saturated carbocycles. The van der Waals surface area contributed by atoms with E-state index < -0.39 is 114 Å². The normalized spacial score (nSPS) is 32.5. The second-order valence-corrected chi connectivity index (χ2v) is 15.6. The van der Waals surface area contributed by atoms with Crippen LogP contribution in [0, 0.1) is 6.92 Å². The number of benzene rings is 3. The van der Waals surface area contributed by atoms with Crippen LogP contribution in [-0.4, -0.2) is 138 Å². The molecule has 0 amide bonds. The van der Waals surface area contributed by atoms with Crippen molar-refractivity contribution < 1.29 is 79.2 Å². The minimum atomic E-state index is -1.90. The Morgan fingerprint density at radius 1 is 0.931 bits per heavy atom. The van der Waals surface area contributed by atoms with Gasteiger partial charge in [-0.15, -0.1) is 0 Å². The average molecular weight is 812 g/mol. The number of hydrogen-bond acceptors (Lipinski definition) is 17. The van der Waals surface area contributed by atoms with Gasteiger partial charge in [0.1, 0.15) is 47.4 Å². The van der Waals surface area contributed by atoms with Gasteiger partial charge in [0.25, 0.3) is 0 Å². The topological polar surface area (TPSA) is 274 Å². The van der Waals surface area contributed by atoms with Crippen molar-refractivity contribution in [2.45, 2.75) is 120 Å². The predicted molar refractivity (Wildman–Crippen MR) is 200 cm³/mol. The Labute approximate surface area is 333 Å². The number of ether oxygens (including phenoxy) is 5. The van der Waals surface area contributed by atoms with Crippen LogP contribution >= 0.6 is 0 Å². The Balaban J connectivity index is 1.11. The van der Waals surface area contributed by atoms with E-state index in [2.05, 4.69) is 5.32 Å². The summed E-state index contributed by atoms with van der Waals surface area (Å²) in [5, 5.41) is 100. The number of carbonyl (C=O) groups is 2. The maximum Gasteiger partial charge on any atom is 0.229 e. The maximum absolute atomic E-state index is 14.0. The molecule has 2 aliphatic heterocycles. The summed E-state index contributed by atoms with van der Waals surface area (Å²) in [6.45, 7) is 4.40. The Hall–Kier alpha value is -4.24. The van der Waals surface area contributed by atoms with Gasteiger partial charge >= 0.3 is 0 Å². The highest BCUT2D eigenvalue weighted by Crippen LogP contribution is 2.53. The molecule has 17 heteroatoms. The zero-order valence-corrected chi connectivity index (χ0v) is 32.2. The maximum atomic E-state index is 14.0. The summed E-state index contributed by atoms with van der Waals surface area (Å²) in [5.41, 5.74) is -1.60. The summed E-state index contributed by atoms with van der Waals surface area (Å²) in [6.07, 6.45) is -13.3. The van der Waals surface area contributed by atoms with Crippen molar-refractivity contribution in [3.63, 3.8) is 0 Å². The molecular weight excluding hydrogens is 762 g/mol. The van der Waals surface area contributed by atoms with Gasteiger partial charge in [-0.25, -0.2) is 0 Å². The van der Waals surface area contributed by atoms with E-state index in [9.17, 15) is 55.5 Å². The Bertz CT molecular complexity index is 2070. The first-order valence-corrected chi connectivity index (χ1v) is 19.1. The molecule has 5 unspecified atom stereocenters. The monoisotopic (exact) mass is 811 g/mol. The molecule has 2 aliphatic carbocycles. The van der Waals surface area contributed by atoms with Crippen molar-refractivity contribution in [3.8, 4) is 23.0 Å². The molecule has 2 fully saturated rings. The number of aromatic hydroxyl groups is 2. The predicted octanol–water partition coefficient (Wildman–Crippen LogP) is 0.139. The molecule has 2 saturated heterocycles. The summed E-state index contributed by atoms with van der Waals surface area (Å²) in [7, 11) is 1.33. The SMILES string of the molecule is COc1cccc2c1C(=O)c1c(O)c3c(c(O)c1C2=O)C[C@@](O)(C(C)O)C[C@@H]3O[C@H]1C[C@@H](NCc2ccc(O[C@@H]3OC(CO)[C@@H](O)C(O)C3O)c(C)c2)[C@H](O)C(C)O1. The lowest BCUT2D eigenvalue weighted by Gasteiger charge is -2.44. The second kappa shape index (κ2) is 16.1. The molecule has 2 heterocycles. The number of ketones is 2. The second-order valence-electron chi connectivity index (χ2n) is 15.6. The molecule has 0 spiro atoms. The van der Waals surface area contributed by atoms with E-state index in [0.29, 0.717) is 11.3 Å². The minimum Gasteiger partial charge on any atom is -0.507 e. The molecular formula is C41H49NO16. The van der Waals surface area contributed by atoms with E-state index in [1.54, 1.807) is 32.0 Å². The van der Waals surface area contributed by atoms with Gasteiger partial charge < -0.3 is 75.0 Å². The number of hydrogen-bond donors (Lipinski definition) is 10. The molecule has 12 atom stereocenters. The minimum absolute atomic E-state index is 0.0323. The van der Waals surface area contributed by atoms with Crippen LogP contribution in [0.4, 0.5) is 0 Å². The number of methoxy groups -OCH3 is 1. The summed E-state index contributed by atoms with van der Waals surface area (Å²) < 4.78 is 29.1. The van der Waals surface area contributed by atoms with Crippen LogP contribution in [0.2, 0.25) is 0 Å². The van der Waals surface area contributed by atoms with Crippen LogP contribution in [0.15, 0.2) is 36.4 Å². The van der Waals surface area contributed by atoms with E-state index in [-0.39, 0.29) is 53.8 Å². The quantitative estimate of drug-likeness (QED) is 0.0954. The van der Waals surface area contributed by atoms with Gasteiger partial charge in [-0.3, -0.25) is 9.59 Å². The average Bonchev–Trinajstić information content (AvgIpc) is 3.19. The van der Waals surface area contributed by atoms with Crippen LogP contribution < -0.4 is 14.8 Å². The van der Waals surface area contributed by atoms with Gasteiger partial charge in [0.05, 0.1) is 60.4 Å². The first-order chi connectivity index (χ1) is 27.5. The first-order valence-electron chi connectivity index (χ1n) is 19.1. The highest BCUT2D eigenvalue weighted by molar-refractivity contribution is 6.31. The Kier molecular flexibility index (Phi) is 11.6. The van der Waals surface area contributed by atoms with Crippen molar-refractivity contribution in [3.05, 3.63) is 80.9 Å². The van der Waals surface area contributed by atoms with Crippen LogP contribution in [0.25, 0.3) is 0 Å². The molecule has 10 N–H and O–H groups in total. The lowest BCUT2D eigenvalue weighted by molar-refractivity contribution is -0.277. The van der Waals surface area contributed by atoms with Crippen molar-refractivity contribution in [1.82, 2.24) is 5.32 Å². The molecule has 314 valence electrons. The van der Waals surface area contributed by atoms with E-state index in [1.165, 1.54) is 32.2 Å². The molecule has 4 aliphatic rings. The lowest BCUT2D eigenvalue weighted by Crippen LogP contribution is -2.60. The van der Waals surface area contributed by atoms with Crippen LogP contribution in [0.1, 0.15) is 86.9 Å². The Morgan fingerprint density at radius 2 is 1.66 bits per heavy atom. The fourth-order valence-corrected chi connectivity index (χ4v) is 8.40. The van der Waals surface area contributed by atoms with Crippen LogP contribution in [-0.2, 0) is 27.2 Å². The molecule has 0 bridgehead atoms. The molecule has 17 nitrogen and oxygen atoms in total. The standard InChI is InChI=1S/C41H49NO16/c1-16-10-19(8-9-23(16)57-40-39(52)38(51)35(48)26(15-43)58-40)14-42-22-11-27(55-17(2)32(22)45)56-25-13-41(53,18(3)44)12-21-29(25)37(50)31-30(34(21)47)33(46)20-6-5-7-24(54-4)28(20)36(31)49/h5-10,17-18,22,25-27,32,35,38-40,42-45,47-48,50-53H,11-15H2,1-4H3/t17?,18?,22-,25+,26?,27+,32-,35-,38?,39?,40-,41+/m1/s1. The number of fused-ring (bicyclic) bond motifs is 3. The molecule has 0 aromatic heterocycles. The highest BCUT2D eigenvalue weighted by atomic mass is 16.7. The van der Waals surface area contributed by atoms with Crippen molar-refractivity contribution in [1.29, 1.82) is 0 Å². The van der Waals surface area contributed by atoms with E-state index in [4.69, 9.17) is 23.7 Å². The third-order valence-electron chi connectivity index (χ3n) is 11.8. The number of aryl methyl sites for hydroxylation is 1. The Morgan fingerprint density at radius 3 is 2.33 bits per heavy atom. The van der Waals surface area contributed by atoms with Gasteiger partial charge in [0, 0.05) is 48.5 Å². The zero-order chi connectivity index (χ0) is 42.0. The number of nitrogens with one attached hydrogen (secondary N) is 1. The number of carbonyl (C=O) groups excluding carboxylic acids is 2. The summed E-state index contributed by atoms with van der Waals surface area (Å²) in [5.74, 6) is -2.33. The number of phenols is 2. The van der Waals surface area contributed by atoms with E-state index in [1.807, 2.05) is 0 Å². The number of aliphatic hydroxyl groups excluding tert-OH is 6. The summed E-state index contributed by atoms with van der Waals surface area (Å²) >= 11 is 0. The molecule has 7 rings (SSSR count). The molecule has 3 aromatic carbocycles. The van der Waals surface area contributed by atoms with Crippen molar-refractivity contribution in [2.24, 2.45) is 0 Å². The molecule has 3 aromatic rings. The molecule has 0 radical (unpaired) electrons. The van der Waals surface area contributed by atoms with Gasteiger partial charge in [-0.2, -0.15) is 0 Å². The summed E-state index contributed by atoms with van der Waals surface area (Å²) in [6, 6.07) is 8.96. The smallest absolute Gasteiger partial charge is 0.229 e. The molecule has 58 heavy (non-hydrogen) atoms. The van der Waals surface area contributed by atoms with Gasteiger partial charge in [0.2, 0.25) is 12.1 Å². The van der Waals surface area contributed by atoms with Gasteiger partial charge in [0.15, 0.2) is 12.1 Å². The van der Waals surface area contributed by atoms with E-state index >= 15 is 0 Å². The number of phenolic OH excluding ortho intramolecular Hbond substituents is 2. The first kappa shape index (κ1) is 41.9. The van der Waals surface area contributed by atoms with Crippen LogP contribution in [0.3, 0.4) is 0 Å². The number of aliphatic hydroxyl groups is 7. The van der Waals surface area contributed by atoms with Gasteiger partial charge in [-0.05, 0) is 44.0 Å². The largest absolute Gasteiger partial charge is 0.507 e. The van der Waals surface area contributed by atoms with Crippen molar-refractivity contribution >= 4 is 11.6 Å². The number of rotatable bonds is 10. The summed E-state index contributed by atoms with van der Waals surface area (Å²) in [4.78, 5) is 27.8. The third-order valence-corrected chi connectivity index (χ3v) is 11.8. The highest BCUT2D eigenvalue weighted by Gasteiger charge is 2.50. The van der Waals surface area contributed by atoms with Crippen molar-refractivity contribution in [2.75, 3.05) is 13.7 Å². The van der Waals surface area contributed by atoms with Gasteiger partial charge in [-0.1, -0.05) is 24.3 Å². The van der Waals surface area contributed by atoms with Crippen LogP contribution in [0.5, 0.6) is 23.0 Å². The zero-order valence-electron chi connectivity index (χ0n) is 32.2. The fraction of sp³-hybridized carbons (Fsp3) is 0.512.